The molecule has 61 heavy (non-hydrogen) atoms. The highest BCUT2D eigenvalue weighted by atomic mass is 28.4. The summed E-state index contributed by atoms with van der Waals surface area (Å²) in [5.74, 6) is -2.59. The van der Waals surface area contributed by atoms with E-state index in [1.807, 2.05) is 85.0 Å². The SMILES string of the molecule is CC[C@@H](C)[C@H]([C@H](CC(=O)N1CCC[C@@H]1[C@@H](OC)[C@H](C)C(=O)N[C@@H](C)[C@H](O)c1ccccc1)OC)N(C)C(=O)[C@H](NC(=O)[C@@H](C(C)C)N(C)C(=O)CCCC[Si](C)(C)O)C(C)C. The van der Waals surface area contributed by atoms with Crippen molar-refractivity contribution in [2.24, 2.45) is 23.7 Å². The van der Waals surface area contributed by atoms with Crippen LogP contribution in [-0.2, 0) is 33.4 Å². The molecule has 1 saturated heterocycles. The predicted molar refractivity (Wildman–Crippen MR) is 242 cm³/mol. The summed E-state index contributed by atoms with van der Waals surface area (Å²) in [6, 6.07) is 6.68. The molecule has 0 radical (unpaired) electrons. The minimum absolute atomic E-state index is 0.0179. The second kappa shape index (κ2) is 25.1. The van der Waals surface area contributed by atoms with Crippen LogP contribution in [-0.4, -0.2) is 140 Å². The monoisotopic (exact) mass is 876 g/mol. The number of carbonyl (C=O) groups is 5. The average molecular weight is 876 g/mol. The molecule has 0 saturated carbocycles. The molecule has 0 aliphatic carbocycles. The van der Waals surface area contributed by atoms with Crippen molar-refractivity contribution >= 4 is 37.9 Å². The lowest BCUT2D eigenvalue weighted by Gasteiger charge is -2.41. The molecule has 15 heteroatoms. The molecule has 0 bridgehead atoms. The first-order valence-electron chi connectivity index (χ1n) is 22.5. The topological polar surface area (TPSA) is 178 Å². The maximum absolute atomic E-state index is 14.5. The van der Waals surface area contributed by atoms with Crippen molar-refractivity contribution in [3.63, 3.8) is 0 Å². The Hall–Kier alpha value is -3.37. The minimum Gasteiger partial charge on any atom is -0.432 e. The van der Waals surface area contributed by atoms with Crippen LogP contribution in [0.15, 0.2) is 30.3 Å². The third kappa shape index (κ3) is 15.4. The largest absolute Gasteiger partial charge is 0.432 e. The predicted octanol–water partition coefficient (Wildman–Crippen LogP) is 5.14. The van der Waals surface area contributed by atoms with Gasteiger partial charge >= 0.3 is 0 Å². The number of hydrogen-bond acceptors (Lipinski definition) is 9. The second-order valence-corrected chi connectivity index (χ2v) is 22.8. The molecule has 10 atom stereocenters. The summed E-state index contributed by atoms with van der Waals surface area (Å²) in [7, 11) is 4.19. The Kier molecular flexibility index (Phi) is 22.1. The Morgan fingerprint density at radius 3 is 2.03 bits per heavy atom. The van der Waals surface area contributed by atoms with Crippen molar-refractivity contribution in [2.45, 2.75) is 168 Å². The third-order valence-corrected chi connectivity index (χ3v) is 14.2. The van der Waals surface area contributed by atoms with Crippen molar-refractivity contribution in [1.29, 1.82) is 0 Å². The summed E-state index contributed by atoms with van der Waals surface area (Å²) >= 11 is 0. The zero-order valence-electron chi connectivity index (χ0n) is 39.8. The van der Waals surface area contributed by atoms with Crippen LogP contribution in [0.3, 0.4) is 0 Å². The highest BCUT2D eigenvalue weighted by Crippen LogP contribution is 2.30. The van der Waals surface area contributed by atoms with E-state index in [0.29, 0.717) is 37.4 Å². The Balaban J connectivity index is 2.25. The first-order chi connectivity index (χ1) is 28.5. The van der Waals surface area contributed by atoms with E-state index in [2.05, 4.69) is 10.6 Å². The number of unbranched alkanes of at least 4 members (excludes halogenated alkanes) is 1. The number of methoxy groups -OCH3 is 2. The number of ether oxygens (including phenoxy) is 2. The molecular weight excluding hydrogens is 795 g/mol. The number of aliphatic hydroxyl groups excluding tert-OH is 1. The highest BCUT2D eigenvalue weighted by molar-refractivity contribution is 6.69. The van der Waals surface area contributed by atoms with Gasteiger partial charge in [0.15, 0.2) is 8.32 Å². The fraction of sp³-hybridized carbons (Fsp3) is 0.761. The molecule has 1 aliphatic heterocycles. The lowest BCUT2D eigenvalue weighted by atomic mass is 9.89. The van der Waals surface area contributed by atoms with Crippen LogP contribution in [0.5, 0.6) is 0 Å². The van der Waals surface area contributed by atoms with Crippen LogP contribution in [0.4, 0.5) is 0 Å². The van der Waals surface area contributed by atoms with Crippen LogP contribution in [0.2, 0.25) is 19.1 Å². The zero-order chi connectivity index (χ0) is 46.4. The van der Waals surface area contributed by atoms with Gasteiger partial charge in [-0.3, -0.25) is 24.0 Å². The lowest BCUT2D eigenvalue weighted by molar-refractivity contribution is -0.148. The van der Waals surface area contributed by atoms with E-state index >= 15 is 0 Å². The maximum atomic E-state index is 14.5. The van der Waals surface area contributed by atoms with Gasteiger partial charge in [-0.1, -0.05) is 91.6 Å². The summed E-state index contributed by atoms with van der Waals surface area (Å²) in [5.41, 5.74) is 0.697. The number of likely N-dealkylation sites (tertiary alicyclic amines) is 1. The van der Waals surface area contributed by atoms with E-state index in [9.17, 15) is 33.9 Å². The molecule has 14 nitrogen and oxygen atoms in total. The van der Waals surface area contributed by atoms with E-state index in [1.165, 1.54) is 12.0 Å². The first-order valence-corrected chi connectivity index (χ1v) is 25.6. The van der Waals surface area contributed by atoms with Gasteiger partial charge in [0.25, 0.3) is 0 Å². The number of benzene rings is 1. The van der Waals surface area contributed by atoms with Gasteiger partial charge in [0.2, 0.25) is 29.5 Å². The molecule has 1 fully saturated rings. The van der Waals surface area contributed by atoms with E-state index in [0.717, 1.165) is 12.8 Å². The van der Waals surface area contributed by atoms with Crippen molar-refractivity contribution in [2.75, 3.05) is 34.9 Å². The summed E-state index contributed by atoms with van der Waals surface area (Å²) < 4.78 is 12.0. The molecule has 0 aromatic heterocycles. The maximum Gasteiger partial charge on any atom is 0.245 e. The number of hydrogen-bond donors (Lipinski definition) is 4. The second-order valence-electron chi connectivity index (χ2n) is 18.7. The molecule has 1 aromatic rings. The van der Waals surface area contributed by atoms with Gasteiger partial charge in [0.1, 0.15) is 12.1 Å². The van der Waals surface area contributed by atoms with Crippen molar-refractivity contribution < 1.29 is 43.3 Å². The first kappa shape index (κ1) is 53.8. The van der Waals surface area contributed by atoms with Gasteiger partial charge in [-0.15, -0.1) is 0 Å². The number of carbonyl (C=O) groups excluding carboxylic acids is 5. The van der Waals surface area contributed by atoms with Crippen molar-refractivity contribution in [3.8, 4) is 0 Å². The van der Waals surface area contributed by atoms with E-state index < -0.39 is 62.6 Å². The molecule has 0 spiro atoms. The Bertz CT molecular complexity index is 1540. The van der Waals surface area contributed by atoms with Crippen molar-refractivity contribution in [1.82, 2.24) is 25.3 Å². The van der Waals surface area contributed by atoms with Crippen molar-refractivity contribution in [3.05, 3.63) is 35.9 Å². The number of aliphatic hydroxyl groups is 1. The number of nitrogens with one attached hydrogen (secondary N) is 2. The lowest BCUT2D eigenvalue weighted by Crippen LogP contribution is -2.60. The normalized spacial score (nSPS) is 19.0. The molecule has 1 heterocycles. The molecular formula is C46H81N5O9Si. The van der Waals surface area contributed by atoms with Crippen LogP contribution in [0.1, 0.15) is 112 Å². The third-order valence-electron chi connectivity index (χ3n) is 12.6. The molecule has 1 aromatic carbocycles. The summed E-state index contributed by atoms with van der Waals surface area (Å²) in [5, 5.41) is 16.8. The van der Waals surface area contributed by atoms with Gasteiger partial charge in [0, 0.05) is 41.3 Å². The van der Waals surface area contributed by atoms with Crippen LogP contribution in [0.25, 0.3) is 0 Å². The average Bonchev–Trinajstić information content (AvgIpc) is 3.70. The van der Waals surface area contributed by atoms with Crippen LogP contribution < -0.4 is 10.6 Å². The quantitative estimate of drug-likeness (QED) is 0.0766. The zero-order valence-corrected chi connectivity index (χ0v) is 40.8. The van der Waals surface area contributed by atoms with Gasteiger partial charge in [-0.25, -0.2) is 0 Å². The summed E-state index contributed by atoms with van der Waals surface area (Å²) in [6.45, 7) is 19.3. The van der Waals surface area contributed by atoms with E-state index in [-0.39, 0.29) is 60.3 Å². The van der Waals surface area contributed by atoms with Gasteiger partial charge in [-0.2, -0.15) is 0 Å². The molecule has 0 unspecified atom stereocenters. The number of rotatable bonds is 25. The fourth-order valence-electron chi connectivity index (χ4n) is 8.74. The van der Waals surface area contributed by atoms with E-state index in [1.54, 1.807) is 44.9 Å². The molecule has 348 valence electrons. The van der Waals surface area contributed by atoms with Crippen LogP contribution >= 0.6 is 0 Å². The highest BCUT2D eigenvalue weighted by Gasteiger charge is 2.43. The van der Waals surface area contributed by atoms with Gasteiger partial charge in [-0.05, 0) is 68.6 Å². The summed E-state index contributed by atoms with van der Waals surface area (Å²) in [6.07, 6.45) is 1.48. The van der Waals surface area contributed by atoms with Gasteiger partial charge < -0.3 is 44.7 Å². The Morgan fingerprint density at radius 1 is 0.885 bits per heavy atom. The molecule has 1 aliphatic rings. The Labute approximate surface area is 368 Å². The van der Waals surface area contributed by atoms with E-state index in [4.69, 9.17) is 9.47 Å². The standard InChI is InChI=1S/C46H81N5O9Si/c1-15-31(6)41(50(10)46(57)39(29(2)3)48-45(56)40(30(4)5)49(9)37(52)25-19-20-27-61(13,14)58)36(59-11)28-38(53)51-26-21-24-35(51)43(60-12)32(7)44(55)47-33(8)42(54)34-22-17-16-18-23-34/h16-18,22-23,29-33,35-36,39-43,54,58H,15,19-21,24-28H2,1-14H3,(H,47,55)(H,48,56)/t31-,32+,33+,35-,36+,39-,40-,41-,42+,43+/m1/s1. The molecule has 5 amide bonds. The summed E-state index contributed by atoms with van der Waals surface area (Å²) in [4.78, 5) is 84.7. The fourth-order valence-corrected chi connectivity index (χ4v) is 9.86. The number of nitrogens with zero attached hydrogens (tertiary/aromatic N) is 3. The number of amides is 5. The molecule has 4 N–H and O–H groups in total. The number of likely N-dealkylation sites (N-methyl/N-ethyl adjacent to an activating group) is 2. The van der Waals surface area contributed by atoms with Crippen LogP contribution in [0, 0.1) is 23.7 Å². The smallest absolute Gasteiger partial charge is 0.245 e. The van der Waals surface area contributed by atoms with Gasteiger partial charge in [0.05, 0.1) is 48.8 Å². The molecule has 2 rings (SSSR count). The Morgan fingerprint density at radius 2 is 1.51 bits per heavy atom. The minimum atomic E-state index is -2.21.